The molecule has 0 aromatic carbocycles. The summed E-state index contributed by atoms with van der Waals surface area (Å²) in [7, 11) is 0. The molecule has 72 valence electrons. The minimum atomic E-state index is 0.378. The van der Waals surface area contributed by atoms with Crippen LogP contribution in [0.4, 0.5) is 0 Å². The number of nitriles is 1. The predicted octanol–water partition coefficient (Wildman–Crippen LogP) is 2.00. The summed E-state index contributed by atoms with van der Waals surface area (Å²) < 4.78 is 2.04. The second kappa shape index (κ2) is 2.38. The van der Waals surface area contributed by atoms with Crippen molar-refractivity contribution in [2.24, 2.45) is 5.92 Å². The Balaban J connectivity index is 2.18. The van der Waals surface area contributed by atoms with Crippen molar-refractivity contribution < 1.29 is 0 Å². The van der Waals surface area contributed by atoms with E-state index in [2.05, 4.69) is 25.0 Å². The smallest absolute Gasteiger partial charge is 0.166 e. The number of hydrogen-bond donors (Lipinski definition) is 0. The third kappa shape index (κ3) is 0.836. The molecule has 0 spiro atoms. The van der Waals surface area contributed by atoms with Gasteiger partial charge in [0.25, 0.3) is 0 Å². The molecule has 0 bridgehead atoms. The Morgan fingerprint density at radius 3 is 3.00 bits per heavy atom. The van der Waals surface area contributed by atoms with Crippen LogP contribution < -0.4 is 0 Å². The predicted molar refractivity (Wildman–Crippen MR) is 51.9 cm³/mol. The first-order valence-electron chi connectivity index (χ1n) is 5.23. The van der Waals surface area contributed by atoms with Gasteiger partial charge in [-0.2, -0.15) is 10.4 Å². The van der Waals surface area contributed by atoms with Gasteiger partial charge in [0.05, 0.1) is 0 Å². The van der Waals surface area contributed by atoms with Gasteiger partial charge in [0.2, 0.25) is 0 Å². The third-order valence-electron chi connectivity index (χ3n) is 3.39. The zero-order valence-corrected chi connectivity index (χ0v) is 8.49. The number of fused-ring (bicyclic) bond motifs is 3. The molecule has 2 atom stereocenters. The van der Waals surface area contributed by atoms with E-state index < -0.39 is 0 Å². The summed E-state index contributed by atoms with van der Waals surface area (Å²) in [6.45, 7) is 4.25. The second-order valence-corrected chi connectivity index (χ2v) is 4.67. The first-order valence-corrected chi connectivity index (χ1v) is 5.23. The van der Waals surface area contributed by atoms with Crippen molar-refractivity contribution in [3.05, 3.63) is 17.0 Å². The fraction of sp³-hybridized carbons (Fsp3) is 0.636. The molecule has 2 aliphatic carbocycles. The van der Waals surface area contributed by atoms with E-state index in [0.717, 1.165) is 12.3 Å². The molecule has 0 saturated heterocycles. The summed E-state index contributed by atoms with van der Waals surface area (Å²) in [6, 6.07) is 2.61. The summed E-state index contributed by atoms with van der Waals surface area (Å²) in [5.41, 5.74) is 3.28. The molecule has 1 saturated carbocycles. The van der Waals surface area contributed by atoms with Gasteiger partial charge in [-0.25, -0.2) is 0 Å². The maximum absolute atomic E-state index is 9.01. The lowest BCUT2D eigenvalue weighted by Crippen LogP contribution is -2.07. The van der Waals surface area contributed by atoms with Crippen LogP contribution in [0.25, 0.3) is 0 Å². The summed E-state index contributed by atoms with van der Waals surface area (Å²) in [4.78, 5) is 0. The van der Waals surface area contributed by atoms with Crippen LogP contribution in [0.2, 0.25) is 0 Å². The van der Waals surface area contributed by atoms with Gasteiger partial charge in [-0.05, 0) is 38.5 Å². The summed E-state index contributed by atoms with van der Waals surface area (Å²) in [5, 5.41) is 13.4. The highest BCUT2D eigenvalue weighted by Crippen LogP contribution is 2.57. The maximum Gasteiger partial charge on any atom is 0.166 e. The summed E-state index contributed by atoms with van der Waals surface area (Å²) in [5.74, 6) is 1.51. The monoisotopic (exact) mass is 187 g/mol. The first-order chi connectivity index (χ1) is 6.72. The van der Waals surface area contributed by atoms with Crippen LogP contribution in [-0.2, 0) is 6.42 Å². The SMILES string of the molecule is CC(C)n1nc(C#N)c2c1CC1CC21. The first kappa shape index (κ1) is 8.05. The standard InChI is InChI=1S/C11H13N3/c1-6(2)14-10-4-7-3-8(7)11(10)9(5-12)13-14/h6-8H,3-4H2,1-2H3. The molecule has 0 radical (unpaired) electrons. The van der Waals surface area contributed by atoms with Crippen molar-refractivity contribution in [1.82, 2.24) is 9.78 Å². The summed E-state index contributed by atoms with van der Waals surface area (Å²) >= 11 is 0. The fourth-order valence-electron chi connectivity index (χ4n) is 2.66. The van der Waals surface area contributed by atoms with E-state index in [9.17, 15) is 0 Å². The fourth-order valence-corrected chi connectivity index (χ4v) is 2.66. The Labute approximate surface area is 83.3 Å². The van der Waals surface area contributed by atoms with Crippen molar-refractivity contribution in [2.75, 3.05) is 0 Å². The Bertz CT molecular complexity index is 436. The van der Waals surface area contributed by atoms with Crippen molar-refractivity contribution in [3.63, 3.8) is 0 Å². The van der Waals surface area contributed by atoms with Crippen LogP contribution in [0.3, 0.4) is 0 Å². The minimum Gasteiger partial charge on any atom is -0.265 e. The van der Waals surface area contributed by atoms with Crippen LogP contribution in [0.15, 0.2) is 0 Å². The van der Waals surface area contributed by atoms with Gasteiger partial charge >= 0.3 is 0 Å². The van der Waals surface area contributed by atoms with Crippen LogP contribution in [0, 0.1) is 17.2 Å². The van der Waals surface area contributed by atoms with Gasteiger partial charge < -0.3 is 0 Å². The third-order valence-corrected chi connectivity index (χ3v) is 3.39. The van der Waals surface area contributed by atoms with Crippen LogP contribution in [0.1, 0.15) is 49.2 Å². The van der Waals surface area contributed by atoms with Gasteiger partial charge in [0.15, 0.2) is 5.69 Å². The van der Waals surface area contributed by atoms with E-state index in [1.807, 2.05) is 4.68 Å². The number of aromatic nitrogens is 2. The highest BCUT2D eigenvalue weighted by Gasteiger charge is 2.49. The molecule has 14 heavy (non-hydrogen) atoms. The lowest BCUT2D eigenvalue weighted by atomic mass is 10.1. The van der Waals surface area contributed by atoms with E-state index in [4.69, 9.17) is 5.26 Å². The van der Waals surface area contributed by atoms with E-state index >= 15 is 0 Å². The maximum atomic E-state index is 9.01. The zero-order chi connectivity index (χ0) is 9.87. The molecule has 1 aromatic heterocycles. The number of nitrogens with zero attached hydrogens (tertiary/aromatic N) is 3. The highest BCUT2D eigenvalue weighted by molar-refractivity contribution is 5.46. The molecule has 1 aromatic rings. The molecule has 3 rings (SSSR count). The summed E-state index contributed by atoms with van der Waals surface area (Å²) in [6.07, 6.45) is 2.43. The quantitative estimate of drug-likeness (QED) is 0.674. The van der Waals surface area contributed by atoms with Crippen molar-refractivity contribution in [2.45, 2.75) is 38.6 Å². The lowest BCUT2D eigenvalue weighted by molar-refractivity contribution is 0.505. The van der Waals surface area contributed by atoms with E-state index in [1.165, 1.54) is 17.7 Å². The molecule has 0 N–H and O–H groups in total. The largest absolute Gasteiger partial charge is 0.265 e. The molecule has 2 aliphatic rings. The molecule has 3 heteroatoms. The Kier molecular flexibility index (Phi) is 1.37. The molecule has 0 aliphatic heterocycles. The Morgan fingerprint density at radius 1 is 1.57 bits per heavy atom. The topological polar surface area (TPSA) is 41.6 Å². The van der Waals surface area contributed by atoms with Crippen LogP contribution in [0.5, 0.6) is 0 Å². The highest BCUT2D eigenvalue weighted by atomic mass is 15.3. The van der Waals surface area contributed by atoms with Crippen LogP contribution in [-0.4, -0.2) is 9.78 Å². The molecule has 2 unspecified atom stereocenters. The molecule has 3 nitrogen and oxygen atoms in total. The average Bonchev–Trinajstić information content (AvgIpc) is 2.67. The van der Waals surface area contributed by atoms with Gasteiger partial charge in [0.1, 0.15) is 6.07 Å². The molecular weight excluding hydrogens is 174 g/mol. The van der Waals surface area contributed by atoms with Gasteiger partial charge in [-0.3, -0.25) is 4.68 Å². The zero-order valence-electron chi connectivity index (χ0n) is 8.49. The number of rotatable bonds is 1. The molecular formula is C11H13N3. The molecule has 0 amide bonds. The number of hydrogen-bond acceptors (Lipinski definition) is 2. The van der Waals surface area contributed by atoms with E-state index in [0.29, 0.717) is 17.7 Å². The molecule has 1 fully saturated rings. The van der Waals surface area contributed by atoms with E-state index in [-0.39, 0.29) is 0 Å². The normalized spacial score (nSPS) is 27.3. The van der Waals surface area contributed by atoms with Crippen molar-refractivity contribution >= 4 is 0 Å². The molecule has 1 heterocycles. The van der Waals surface area contributed by atoms with Crippen molar-refractivity contribution in [3.8, 4) is 6.07 Å². The second-order valence-electron chi connectivity index (χ2n) is 4.67. The van der Waals surface area contributed by atoms with Crippen LogP contribution >= 0.6 is 0 Å². The Hall–Kier alpha value is -1.30. The Morgan fingerprint density at radius 2 is 2.36 bits per heavy atom. The van der Waals surface area contributed by atoms with E-state index in [1.54, 1.807) is 0 Å². The van der Waals surface area contributed by atoms with Crippen molar-refractivity contribution in [1.29, 1.82) is 5.26 Å². The minimum absolute atomic E-state index is 0.378. The average molecular weight is 187 g/mol. The van der Waals surface area contributed by atoms with Gasteiger partial charge in [0, 0.05) is 17.3 Å². The van der Waals surface area contributed by atoms with Gasteiger partial charge in [-0.15, -0.1) is 0 Å². The van der Waals surface area contributed by atoms with Gasteiger partial charge in [-0.1, -0.05) is 0 Å². The lowest BCUT2D eigenvalue weighted by Gasteiger charge is -2.09.